The average Bonchev–Trinajstić information content (AvgIpc) is 2.78. The first-order chi connectivity index (χ1) is 15.5. The fraction of sp³-hybridized carbons (Fsp3) is 0.0870. The van der Waals surface area contributed by atoms with E-state index in [1.54, 1.807) is 48.5 Å². The van der Waals surface area contributed by atoms with Gasteiger partial charge in [-0.25, -0.2) is 9.18 Å². The molecule has 0 fully saturated rings. The van der Waals surface area contributed by atoms with E-state index >= 15 is 0 Å². The van der Waals surface area contributed by atoms with E-state index in [9.17, 15) is 14.0 Å². The fourth-order valence-electron chi connectivity index (χ4n) is 3.12. The molecule has 0 aliphatic heterocycles. The number of aromatic nitrogens is 2. The summed E-state index contributed by atoms with van der Waals surface area (Å²) in [6, 6.07) is 16.2. The predicted molar refractivity (Wildman–Crippen MR) is 123 cm³/mol. The summed E-state index contributed by atoms with van der Waals surface area (Å²) in [5.41, 5.74) is 0.497. The van der Waals surface area contributed by atoms with Gasteiger partial charge in [-0.3, -0.25) is 4.79 Å². The van der Waals surface area contributed by atoms with Gasteiger partial charge in [0.05, 0.1) is 28.7 Å². The summed E-state index contributed by atoms with van der Waals surface area (Å²) < 4.78 is 25.9. The summed E-state index contributed by atoms with van der Waals surface area (Å²) >= 11 is 3.44. The quantitative estimate of drug-likeness (QED) is 0.407. The molecule has 4 rings (SSSR count). The number of nitrogens with zero attached hydrogens (tertiary/aromatic N) is 2. The Kier molecular flexibility index (Phi) is 6.18. The molecule has 0 saturated carbocycles. The number of benzene rings is 3. The summed E-state index contributed by atoms with van der Waals surface area (Å²) in [6.45, 7) is 0.141. The minimum atomic E-state index is -0.647. The molecule has 4 aromatic rings. The van der Waals surface area contributed by atoms with Gasteiger partial charge >= 0.3 is 5.69 Å². The van der Waals surface area contributed by atoms with E-state index in [2.05, 4.69) is 26.0 Å². The Morgan fingerprint density at radius 3 is 2.72 bits per heavy atom. The first-order valence-electron chi connectivity index (χ1n) is 9.49. The molecular formula is C23H17BrFN3O4. The lowest BCUT2D eigenvalue weighted by atomic mass is 10.2. The van der Waals surface area contributed by atoms with Crippen LogP contribution >= 0.6 is 15.9 Å². The van der Waals surface area contributed by atoms with E-state index in [1.165, 1.54) is 25.5 Å². The van der Waals surface area contributed by atoms with Crippen LogP contribution in [0.15, 0.2) is 79.8 Å². The van der Waals surface area contributed by atoms with Crippen LogP contribution in [0.25, 0.3) is 10.9 Å². The number of para-hydroxylation sites is 1. The van der Waals surface area contributed by atoms with Crippen molar-refractivity contribution in [2.45, 2.75) is 6.61 Å². The highest BCUT2D eigenvalue weighted by Crippen LogP contribution is 2.36. The highest BCUT2D eigenvalue weighted by molar-refractivity contribution is 9.10. The number of ether oxygens (including phenoxy) is 2. The van der Waals surface area contributed by atoms with Gasteiger partial charge in [0, 0.05) is 0 Å². The molecule has 0 aliphatic carbocycles. The lowest BCUT2D eigenvalue weighted by Gasteiger charge is -2.13. The van der Waals surface area contributed by atoms with Crippen LogP contribution in [0.3, 0.4) is 0 Å². The monoisotopic (exact) mass is 497 g/mol. The van der Waals surface area contributed by atoms with Gasteiger partial charge in [-0.1, -0.05) is 24.3 Å². The third-order valence-electron chi connectivity index (χ3n) is 4.63. The van der Waals surface area contributed by atoms with Gasteiger partial charge in [-0.2, -0.15) is 5.10 Å². The first-order valence-corrected chi connectivity index (χ1v) is 10.3. The molecule has 0 atom stereocenters. The van der Waals surface area contributed by atoms with Gasteiger partial charge in [0.25, 0.3) is 5.56 Å². The predicted octanol–water partition coefficient (Wildman–Crippen LogP) is 4.06. The van der Waals surface area contributed by atoms with Gasteiger partial charge < -0.3 is 14.5 Å². The van der Waals surface area contributed by atoms with E-state index in [0.29, 0.717) is 38.0 Å². The van der Waals surface area contributed by atoms with Crippen LogP contribution in [0.4, 0.5) is 4.39 Å². The van der Waals surface area contributed by atoms with E-state index in [4.69, 9.17) is 9.47 Å². The molecule has 3 aromatic carbocycles. The maximum absolute atomic E-state index is 13.4. The van der Waals surface area contributed by atoms with E-state index < -0.39 is 11.2 Å². The molecule has 162 valence electrons. The zero-order valence-electron chi connectivity index (χ0n) is 16.8. The number of rotatable bonds is 6. The van der Waals surface area contributed by atoms with Crippen LogP contribution in [0.1, 0.15) is 11.1 Å². The lowest BCUT2D eigenvalue weighted by Crippen LogP contribution is -2.32. The molecular weight excluding hydrogens is 481 g/mol. The molecule has 32 heavy (non-hydrogen) atoms. The molecule has 7 nitrogen and oxygen atoms in total. The minimum Gasteiger partial charge on any atom is -0.493 e. The molecule has 0 spiro atoms. The molecule has 0 amide bonds. The maximum Gasteiger partial charge on any atom is 0.349 e. The zero-order valence-corrected chi connectivity index (χ0v) is 18.4. The highest BCUT2D eigenvalue weighted by Gasteiger charge is 2.12. The Morgan fingerprint density at radius 1 is 1.12 bits per heavy atom. The van der Waals surface area contributed by atoms with Crippen molar-refractivity contribution in [1.29, 1.82) is 0 Å². The lowest BCUT2D eigenvalue weighted by molar-refractivity contribution is 0.282. The van der Waals surface area contributed by atoms with E-state index in [1.807, 2.05) is 0 Å². The molecule has 1 N–H and O–H groups in total. The van der Waals surface area contributed by atoms with Crippen molar-refractivity contribution in [2.75, 3.05) is 7.11 Å². The van der Waals surface area contributed by atoms with Crippen LogP contribution < -0.4 is 20.7 Å². The van der Waals surface area contributed by atoms with Crippen LogP contribution in [0, 0.1) is 5.82 Å². The van der Waals surface area contributed by atoms with Crippen molar-refractivity contribution in [1.82, 2.24) is 9.66 Å². The molecule has 0 aliphatic rings. The van der Waals surface area contributed by atoms with Gasteiger partial charge in [0.2, 0.25) is 0 Å². The Hall–Kier alpha value is -3.72. The van der Waals surface area contributed by atoms with Crippen molar-refractivity contribution < 1.29 is 13.9 Å². The van der Waals surface area contributed by atoms with E-state index in [0.717, 1.165) is 4.68 Å². The number of nitrogens with one attached hydrogen (secondary N) is 1. The number of hydrogen-bond donors (Lipinski definition) is 1. The molecule has 0 unspecified atom stereocenters. The topological polar surface area (TPSA) is 85.7 Å². The van der Waals surface area contributed by atoms with Gasteiger partial charge in [-0.05, 0) is 63.5 Å². The van der Waals surface area contributed by atoms with E-state index in [-0.39, 0.29) is 12.4 Å². The molecule has 1 heterocycles. The molecule has 0 saturated heterocycles. The van der Waals surface area contributed by atoms with Crippen molar-refractivity contribution in [3.63, 3.8) is 0 Å². The fourth-order valence-corrected chi connectivity index (χ4v) is 3.69. The summed E-state index contributed by atoms with van der Waals surface area (Å²) in [4.78, 5) is 27.5. The smallest absolute Gasteiger partial charge is 0.349 e. The van der Waals surface area contributed by atoms with Crippen LogP contribution in [0.2, 0.25) is 0 Å². The summed E-state index contributed by atoms with van der Waals surface area (Å²) in [6.07, 6.45) is 1.37. The van der Waals surface area contributed by atoms with Crippen LogP contribution in [-0.2, 0) is 6.61 Å². The Bertz CT molecular complexity index is 1450. The van der Waals surface area contributed by atoms with Crippen LogP contribution in [0.5, 0.6) is 11.5 Å². The number of aromatic amines is 1. The van der Waals surface area contributed by atoms with Crippen molar-refractivity contribution in [3.8, 4) is 11.5 Å². The number of methoxy groups -OCH3 is 1. The van der Waals surface area contributed by atoms with Gasteiger partial charge in [-0.15, -0.1) is 4.68 Å². The Balaban J connectivity index is 1.63. The third-order valence-corrected chi connectivity index (χ3v) is 5.22. The Morgan fingerprint density at radius 2 is 1.94 bits per heavy atom. The van der Waals surface area contributed by atoms with Crippen molar-refractivity contribution >= 4 is 33.0 Å². The summed E-state index contributed by atoms with van der Waals surface area (Å²) in [7, 11) is 1.48. The number of halogens is 2. The maximum atomic E-state index is 13.4. The second kappa shape index (κ2) is 9.19. The van der Waals surface area contributed by atoms with Gasteiger partial charge in [0.1, 0.15) is 12.4 Å². The second-order valence-electron chi connectivity index (χ2n) is 6.79. The standard InChI is InChI=1S/C23H17BrFN3O4/c1-31-20-11-15(10-18(24)21(20)32-13-14-5-4-6-16(25)9-14)12-26-28-22(29)17-7-2-3-8-19(17)27-23(28)30/h2-12H,13H2,1H3,(H,27,30). The number of fused-ring (bicyclic) bond motifs is 1. The number of hydrogen-bond acceptors (Lipinski definition) is 5. The normalized spacial score (nSPS) is 11.2. The largest absolute Gasteiger partial charge is 0.493 e. The highest BCUT2D eigenvalue weighted by atomic mass is 79.9. The third kappa shape index (κ3) is 4.47. The second-order valence-corrected chi connectivity index (χ2v) is 7.64. The minimum absolute atomic E-state index is 0.141. The Labute approximate surface area is 189 Å². The first kappa shape index (κ1) is 21.5. The zero-order chi connectivity index (χ0) is 22.7. The SMILES string of the molecule is COc1cc(C=Nn2c(=O)[nH]c3ccccc3c2=O)cc(Br)c1OCc1cccc(F)c1. The molecule has 0 radical (unpaired) electrons. The molecule has 0 bridgehead atoms. The van der Waals surface area contributed by atoms with Crippen LogP contribution in [-0.4, -0.2) is 23.0 Å². The summed E-state index contributed by atoms with van der Waals surface area (Å²) in [5.74, 6) is 0.481. The molecule has 1 aromatic heterocycles. The van der Waals surface area contributed by atoms with Crippen molar-refractivity contribution in [3.05, 3.63) is 103 Å². The molecule has 9 heteroatoms. The van der Waals surface area contributed by atoms with Crippen molar-refractivity contribution in [2.24, 2.45) is 5.10 Å². The number of H-pyrrole nitrogens is 1. The average molecular weight is 498 g/mol. The summed E-state index contributed by atoms with van der Waals surface area (Å²) in [5, 5.41) is 4.40. The van der Waals surface area contributed by atoms with Gasteiger partial charge in [0.15, 0.2) is 11.5 Å².